The van der Waals surface area contributed by atoms with E-state index in [1.54, 1.807) is 0 Å². The molecule has 3 N–H and O–H groups in total. The van der Waals surface area contributed by atoms with Crippen LogP contribution in [0.2, 0.25) is 0 Å². The van der Waals surface area contributed by atoms with Crippen LogP contribution in [0.25, 0.3) is 0 Å². The fraction of sp³-hybridized carbons (Fsp3) is 0.538. The van der Waals surface area contributed by atoms with Crippen molar-refractivity contribution in [3.8, 4) is 5.75 Å². The number of rotatable bonds is 2. The lowest BCUT2D eigenvalue weighted by atomic mass is 10.1. The number of aliphatic hydroxyl groups is 3. The molecule has 2 rings (SSSR count). The van der Waals surface area contributed by atoms with Gasteiger partial charge < -0.3 is 24.8 Å². The average Bonchev–Trinajstić information content (AvgIpc) is 2.39. The van der Waals surface area contributed by atoms with Crippen LogP contribution in [0.5, 0.6) is 5.75 Å². The van der Waals surface area contributed by atoms with E-state index in [2.05, 4.69) is 0 Å². The van der Waals surface area contributed by atoms with Crippen molar-refractivity contribution < 1.29 is 24.8 Å². The van der Waals surface area contributed by atoms with Gasteiger partial charge in [-0.3, -0.25) is 0 Å². The molecule has 0 saturated carbocycles. The van der Waals surface area contributed by atoms with Crippen LogP contribution >= 0.6 is 0 Å². The summed E-state index contributed by atoms with van der Waals surface area (Å²) < 4.78 is 10.9. The van der Waals surface area contributed by atoms with Gasteiger partial charge in [-0.2, -0.15) is 0 Å². The van der Waals surface area contributed by atoms with Gasteiger partial charge in [0.2, 0.25) is 6.29 Å². The Labute approximate surface area is 107 Å². The predicted octanol–water partition coefficient (Wildman–Crippen LogP) is 0.451. The third kappa shape index (κ3) is 3.96. The van der Waals surface area contributed by atoms with Crippen molar-refractivity contribution in [2.45, 2.75) is 31.8 Å². The lowest BCUT2D eigenvalue weighted by Gasteiger charge is -2.30. The van der Waals surface area contributed by atoms with Crippen LogP contribution in [0.1, 0.15) is 12.0 Å². The summed E-state index contributed by atoms with van der Waals surface area (Å²) in [6, 6.07) is 7.62. The standard InChI is InChI=1S/C12H16O4.CH4O/c1-8-4-2-3-5-11(8)16-12-6-9(13)10(14)7-15-12;1-2/h2-5,9-10,12-14H,6-7H2,1H3;2H,1H3/t9-,10-,12+;/m1./s1. The first kappa shape index (κ1) is 14.9. The second kappa shape index (κ2) is 7.33. The Kier molecular flexibility index (Phi) is 6.07. The molecule has 0 radical (unpaired) electrons. The van der Waals surface area contributed by atoms with E-state index in [1.807, 2.05) is 31.2 Å². The molecule has 0 aliphatic carbocycles. The maximum Gasteiger partial charge on any atom is 0.202 e. The first-order chi connectivity index (χ1) is 8.66. The second-order valence-corrected chi connectivity index (χ2v) is 4.02. The quantitative estimate of drug-likeness (QED) is 0.716. The predicted molar refractivity (Wildman–Crippen MR) is 66.3 cm³/mol. The zero-order chi connectivity index (χ0) is 13.5. The van der Waals surface area contributed by atoms with Gasteiger partial charge >= 0.3 is 0 Å². The van der Waals surface area contributed by atoms with Crippen molar-refractivity contribution >= 4 is 0 Å². The molecule has 0 bridgehead atoms. The SMILES string of the molecule is CO.Cc1ccccc1O[C@H]1C[C@@H](O)[C@H](O)CO1. The molecule has 1 aromatic rings. The maximum absolute atomic E-state index is 9.49. The fourth-order valence-electron chi connectivity index (χ4n) is 1.65. The number of para-hydroxylation sites is 1. The Bertz CT molecular complexity index is 355. The fourth-order valence-corrected chi connectivity index (χ4v) is 1.65. The van der Waals surface area contributed by atoms with E-state index in [-0.39, 0.29) is 13.0 Å². The van der Waals surface area contributed by atoms with Crippen LogP contribution < -0.4 is 4.74 Å². The molecule has 102 valence electrons. The molecule has 0 unspecified atom stereocenters. The maximum atomic E-state index is 9.49. The largest absolute Gasteiger partial charge is 0.465 e. The second-order valence-electron chi connectivity index (χ2n) is 4.02. The zero-order valence-corrected chi connectivity index (χ0v) is 10.6. The van der Waals surface area contributed by atoms with Crippen molar-refractivity contribution in [1.29, 1.82) is 0 Å². The van der Waals surface area contributed by atoms with E-state index >= 15 is 0 Å². The summed E-state index contributed by atoms with van der Waals surface area (Å²) in [4.78, 5) is 0. The third-order valence-corrected chi connectivity index (χ3v) is 2.68. The first-order valence-corrected chi connectivity index (χ1v) is 5.81. The summed E-state index contributed by atoms with van der Waals surface area (Å²) in [7, 11) is 1.00. The Hall–Kier alpha value is -1.14. The van der Waals surface area contributed by atoms with Crippen molar-refractivity contribution in [2.24, 2.45) is 0 Å². The molecule has 1 aliphatic rings. The third-order valence-electron chi connectivity index (χ3n) is 2.68. The summed E-state index contributed by atoms with van der Waals surface area (Å²) in [5.74, 6) is 0.746. The number of benzene rings is 1. The van der Waals surface area contributed by atoms with Crippen molar-refractivity contribution in [1.82, 2.24) is 0 Å². The molecule has 1 fully saturated rings. The van der Waals surface area contributed by atoms with Gasteiger partial charge in [-0.1, -0.05) is 18.2 Å². The van der Waals surface area contributed by atoms with E-state index in [1.165, 1.54) is 0 Å². The van der Waals surface area contributed by atoms with E-state index in [4.69, 9.17) is 14.6 Å². The summed E-state index contributed by atoms with van der Waals surface area (Å²) in [6.45, 7) is 2.06. The van der Waals surface area contributed by atoms with E-state index in [9.17, 15) is 10.2 Å². The molecule has 0 spiro atoms. The molecular formula is C13H20O5. The number of hydrogen-bond acceptors (Lipinski definition) is 5. The van der Waals surface area contributed by atoms with E-state index in [0.29, 0.717) is 0 Å². The highest BCUT2D eigenvalue weighted by Crippen LogP contribution is 2.22. The normalized spacial score (nSPS) is 27.1. The monoisotopic (exact) mass is 256 g/mol. The van der Waals surface area contributed by atoms with Crippen LogP contribution in [-0.4, -0.2) is 47.5 Å². The minimum absolute atomic E-state index is 0.109. The van der Waals surface area contributed by atoms with Crippen molar-refractivity contribution in [3.05, 3.63) is 29.8 Å². The number of ether oxygens (including phenoxy) is 2. The molecule has 1 aliphatic heterocycles. The Morgan fingerprint density at radius 3 is 2.44 bits per heavy atom. The van der Waals surface area contributed by atoms with Gasteiger partial charge in [-0.05, 0) is 18.6 Å². The molecule has 1 saturated heterocycles. The molecule has 1 heterocycles. The molecule has 0 aromatic heterocycles. The Morgan fingerprint density at radius 2 is 1.83 bits per heavy atom. The first-order valence-electron chi connectivity index (χ1n) is 5.81. The highest BCUT2D eigenvalue weighted by Gasteiger charge is 2.29. The molecule has 0 amide bonds. The highest BCUT2D eigenvalue weighted by molar-refractivity contribution is 5.31. The summed E-state index contributed by atoms with van der Waals surface area (Å²) in [5.41, 5.74) is 1.02. The average molecular weight is 256 g/mol. The smallest absolute Gasteiger partial charge is 0.202 e. The van der Waals surface area contributed by atoms with Crippen LogP contribution in [0.4, 0.5) is 0 Å². The van der Waals surface area contributed by atoms with Crippen LogP contribution in [0.3, 0.4) is 0 Å². The summed E-state index contributed by atoms with van der Waals surface area (Å²) >= 11 is 0. The molecule has 5 heteroatoms. The molecule has 3 atom stereocenters. The minimum Gasteiger partial charge on any atom is -0.465 e. The highest BCUT2D eigenvalue weighted by atomic mass is 16.7. The Morgan fingerprint density at radius 1 is 1.17 bits per heavy atom. The number of aliphatic hydroxyl groups excluding tert-OH is 3. The molecule has 5 nitrogen and oxygen atoms in total. The molecule has 18 heavy (non-hydrogen) atoms. The van der Waals surface area contributed by atoms with Crippen LogP contribution in [0, 0.1) is 6.92 Å². The van der Waals surface area contributed by atoms with Gasteiger partial charge in [0, 0.05) is 13.5 Å². The minimum atomic E-state index is -0.809. The van der Waals surface area contributed by atoms with E-state index < -0.39 is 18.5 Å². The molecule has 1 aromatic carbocycles. The molecular weight excluding hydrogens is 236 g/mol. The lowest BCUT2D eigenvalue weighted by molar-refractivity contribution is -0.182. The summed E-state index contributed by atoms with van der Waals surface area (Å²) in [6.07, 6.45) is -1.78. The van der Waals surface area contributed by atoms with Crippen molar-refractivity contribution in [3.63, 3.8) is 0 Å². The number of hydrogen-bond donors (Lipinski definition) is 3. The van der Waals surface area contributed by atoms with Crippen molar-refractivity contribution in [2.75, 3.05) is 13.7 Å². The zero-order valence-electron chi connectivity index (χ0n) is 10.6. The van der Waals surface area contributed by atoms with Gasteiger partial charge in [0.25, 0.3) is 0 Å². The van der Waals surface area contributed by atoms with Gasteiger partial charge in [0.15, 0.2) is 0 Å². The number of aryl methyl sites for hydroxylation is 1. The summed E-state index contributed by atoms with van der Waals surface area (Å²) in [5, 5.41) is 25.8. The van der Waals surface area contributed by atoms with Crippen LogP contribution in [-0.2, 0) is 4.74 Å². The van der Waals surface area contributed by atoms with Gasteiger partial charge in [-0.15, -0.1) is 0 Å². The van der Waals surface area contributed by atoms with Gasteiger partial charge in [0.1, 0.15) is 11.9 Å². The lowest BCUT2D eigenvalue weighted by Crippen LogP contribution is -2.43. The van der Waals surface area contributed by atoms with E-state index in [0.717, 1.165) is 18.4 Å². The Balaban J connectivity index is 0.000000771. The topological polar surface area (TPSA) is 79.2 Å². The van der Waals surface area contributed by atoms with Crippen LogP contribution in [0.15, 0.2) is 24.3 Å². The van der Waals surface area contributed by atoms with Gasteiger partial charge in [0.05, 0.1) is 12.7 Å². The van der Waals surface area contributed by atoms with Gasteiger partial charge in [-0.25, -0.2) is 0 Å².